The lowest BCUT2D eigenvalue weighted by atomic mass is 10.0. The number of carbonyl (C=O) groups is 2. The lowest BCUT2D eigenvalue weighted by Crippen LogP contribution is -2.09. The molecule has 2 aromatic carbocycles. The van der Waals surface area contributed by atoms with Gasteiger partial charge in [-0.25, -0.2) is 9.59 Å². The normalized spacial score (nSPS) is 10.4. The van der Waals surface area contributed by atoms with E-state index < -0.39 is 0 Å². The molecule has 0 aliphatic heterocycles. The molecule has 0 aliphatic carbocycles. The quantitative estimate of drug-likeness (QED) is 0.184. The SMILES string of the molecule is C=C(C)C(=O)OCCCCCc1ccc(Cc2ccc(OCCCOC(=O)C(=C)C)cc2)cc1. The van der Waals surface area contributed by atoms with E-state index in [4.69, 9.17) is 14.2 Å². The third-order valence-electron chi connectivity index (χ3n) is 5.19. The van der Waals surface area contributed by atoms with E-state index in [1.807, 2.05) is 12.1 Å². The zero-order valence-electron chi connectivity index (χ0n) is 20.4. The summed E-state index contributed by atoms with van der Waals surface area (Å²) in [6, 6.07) is 16.8. The molecule has 0 saturated heterocycles. The Morgan fingerprint density at radius 1 is 0.647 bits per heavy atom. The summed E-state index contributed by atoms with van der Waals surface area (Å²) >= 11 is 0. The van der Waals surface area contributed by atoms with Crippen molar-refractivity contribution in [3.8, 4) is 5.75 Å². The van der Waals surface area contributed by atoms with Gasteiger partial charge in [0.2, 0.25) is 0 Å². The first-order chi connectivity index (χ1) is 16.3. The van der Waals surface area contributed by atoms with E-state index in [0.717, 1.165) is 37.9 Å². The van der Waals surface area contributed by atoms with Gasteiger partial charge in [0, 0.05) is 17.6 Å². The summed E-state index contributed by atoms with van der Waals surface area (Å²) in [5.41, 5.74) is 4.66. The molecule has 0 amide bonds. The molecule has 182 valence electrons. The Morgan fingerprint density at radius 3 is 1.71 bits per heavy atom. The van der Waals surface area contributed by atoms with Crippen molar-refractivity contribution in [2.24, 2.45) is 0 Å². The van der Waals surface area contributed by atoms with Gasteiger partial charge in [0.1, 0.15) is 5.75 Å². The van der Waals surface area contributed by atoms with Crippen LogP contribution in [0.4, 0.5) is 0 Å². The largest absolute Gasteiger partial charge is 0.493 e. The maximum absolute atomic E-state index is 11.3. The number of rotatable bonds is 15. The molecular formula is C29H36O5. The summed E-state index contributed by atoms with van der Waals surface area (Å²) in [6.07, 6.45) is 5.49. The van der Waals surface area contributed by atoms with Crippen LogP contribution in [-0.2, 0) is 31.9 Å². The summed E-state index contributed by atoms with van der Waals surface area (Å²) < 4.78 is 15.9. The third kappa shape index (κ3) is 10.5. The maximum Gasteiger partial charge on any atom is 0.333 e. The highest BCUT2D eigenvalue weighted by molar-refractivity contribution is 5.87. The number of esters is 2. The number of aryl methyl sites for hydroxylation is 1. The van der Waals surface area contributed by atoms with Crippen molar-refractivity contribution in [3.63, 3.8) is 0 Å². The van der Waals surface area contributed by atoms with Crippen molar-refractivity contribution >= 4 is 11.9 Å². The Hall–Kier alpha value is -3.34. The van der Waals surface area contributed by atoms with E-state index in [-0.39, 0.29) is 11.9 Å². The molecule has 5 nitrogen and oxygen atoms in total. The molecule has 0 heterocycles. The Balaban J connectivity index is 1.64. The molecule has 0 saturated carbocycles. The summed E-state index contributed by atoms with van der Waals surface area (Å²) in [7, 11) is 0. The fourth-order valence-corrected chi connectivity index (χ4v) is 3.20. The number of benzene rings is 2. The summed E-state index contributed by atoms with van der Waals surface area (Å²) in [5, 5.41) is 0. The van der Waals surface area contributed by atoms with Crippen LogP contribution in [0.15, 0.2) is 72.8 Å². The van der Waals surface area contributed by atoms with Crippen LogP contribution in [0.25, 0.3) is 0 Å². The second-order valence-corrected chi connectivity index (χ2v) is 8.48. The molecule has 0 radical (unpaired) electrons. The maximum atomic E-state index is 11.3. The van der Waals surface area contributed by atoms with Crippen molar-refractivity contribution < 1.29 is 23.8 Å². The third-order valence-corrected chi connectivity index (χ3v) is 5.19. The average Bonchev–Trinajstić information content (AvgIpc) is 2.82. The van der Waals surface area contributed by atoms with Crippen LogP contribution >= 0.6 is 0 Å². The molecule has 2 rings (SSSR count). The smallest absolute Gasteiger partial charge is 0.333 e. The van der Waals surface area contributed by atoms with Crippen molar-refractivity contribution in [1.82, 2.24) is 0 Å². The first-order valence-electron chi connectivity index (χ1n) is 11.8. The molecule has 0 N–H and O–H groups in total. The van der Waals surface area contributed by atoms with Crippen molar-refractivity contribution in [2.45, 2.75) is 52.4 Å². The van der Waals surface area contributed by atoms with Gasteiger partial charge in [0.15, 0.2) is 0 Å². The molecule has 0 aromatic heterocycles. The van der Waals surface area contributed by atoms with Gasteiger partial charge < -0.3 is 14.2 Å². The molecule has 0 spiro atoms. The molecule has 0 atom stereocenters. The fourth-order valence-electron chi connectivity index (χ4n) is 3.20. The van der Waals surface area contributed by atoms with Crippen LogP contribution in [0.5, 0.6) is 5.75 Å². The lowest BCUT2D eigenvalue weighted by molar-refractivity contribution is -0.140. The Kier molecular flexibility index (Phi) is 11.7. The van der Waals surface area contributed by atoms with Gasteiger partial charge in [0.05, 0.1) is 19.8 Å². The highest BCUT2D eigenvalue weighted by Crippen LogP contribution is 2.17. The minimum absolute atomic E-state index is 0.309. The fraction of sp³-hybridized carbons (Fsp3) is 0.379. The molecule has 0 bridgehead atoms. The van der Waals surface area contributed by atoms with Crippen LogP contribution in [0.3, 0.4) is 0 Å². The number of hydrogen-bond acceptors (Lipinski definition) is 5. The molecule has 0 aliphatic rings. The average molecular weight is 465 g/mol. The first-order valence-corrected chi connectivity index (χ1v) is 11.8. The molecule has 0 unspecified atom stereocenters. The molecular weight excluding hydrogens is 428 g/mol. The zero-order valence-corrected chi connectivity index (χ0v) is 20.4. The van der Waals surface area contributed by atoms with Crippen LogP contribution in [-0.4, -0.2) is 31.8 Å². The van der Waals surface area contributed by atoms with Crippen molar-refractivity contribution in [1.29, 1.82) is 0 Å². The molecule has 34 heavy (non-hydrogen) atoms. The summed E-state index contributed by atoms with van der Waals surface area (Å²) in [4.78, 5) is 22.7. The minimum Gasteiger partial charge on any atom is -0.493 e. The second kappa shape index (κ2) is 14.7. The summed E-state index contributed by atoms with van der Waals surface area (Å²) in [5.74, 6) is 0.132. The van der Waals surface area contributed by atoms with Gasteiger partial charge in [-0.1, -0.05) is 49.6 Å². The lowest BCUT2D eigenvalue weighted by Gasteiger charge is -2.09. The molecule has 2 aromatic rings. The predicted molar refractivity (Wildman–Crippen MR) is 135 cm³/mol. The Bertz CT molecular complexity index is 941. The van der Waals surface area contributed by atoms with E-state index in [9.17, 15) is 9.59 Å². The highest BCUT2D eigenvalue weighted by atomic mass is 16.5. The number of hydrogen-bond donors (Lipinski definition) is 0. The number of unbranched alkanes of at least 4 members (excludes halogenated alkanes) is 2. The van der Waals surface area contributed by atoms with Crippen molar-refractivity contribution in [3.05, 3.63) is 89.5 Å². The zero-order chi connectivity index (χ0) is 24.8. The van der Waals surface area contributed by atoms with Crippen LogP contribution in [0, 0.1) is 0 Å². The van der Waals surface area contributed by atoms with Gasteiger partial charge in [-0.15, -0.1) is 0 Å². The monoisotopic (exact) mass is 464 g/mol. The van der Waals surface area contributed by atoms with Gasteiger partial charge >= 0.3 is 11.9 Å². The minimum atomic E-state index is -0.365. The van der Waals surface area contributed by atoms with E-state index in [2.05, 4.69) is 49.6 Å². The Morgan fingerprint density at radius 2 is 1.15 bits per heavy atom. The van der Waals surface area contributed by atoms with E-state index >= 15 is 0 Å². The highest BCUT2D eigenvalue weighted by Gasteiger charge is 2.04. The van der Waals surface area contributed by atoms with Gasteiger partial charge in [0.25, 0.3) is 0 Å². The van der Waals surface area contributed by atoms with Gasteiger partial charge in [-0.2, -0.15) is 0 Å². The standard InChI is InChI=1S/C29H36O5/c1-22(2)28(30)33-18-7-5-6-9-24-10-12-25(13-11-24)21-26-14-16-27(17-15-26)32-19-8-20-34-29(31)23(3)4/h10-17H,1,3,5-9,18-21H2,2,4H3. The number of ether oxygens (including phenoxy) is 3. The van der Waals surface area contributed by atoms with Crippen LogP contribution in [0.2, 0.25) is 0 Å². The van der Waals surface area contributed by atoms with Crippen LogP contribution in [0.1, 0.15) is 56.2 Å². The topological polar surface area (TPSA) is 61.8 Å². The van der Waals surface area contributed by atoms with E-state index in [0.29, 0.717) is 37.4 Å². The Labute approximate surface area is 203 Å². The molecule has 5 heteroatoms. The summed E-state index contributed by atoms with van der Waals surface area (Å²) in [6.45, 7) is 11.7. The van der Waals surface area contributed by atoms with Gasteiger partial charge in [-0.3, -0.25) is 0 Å². The molecule has 0 fully saturated rings. The van der Waals surface area contributed by atoms with Crippen LogP contribution < -0.4 is 4.74 Å². The first kappa shape index (κ1) is 26.9. The van der Waals surface area contributed by atoms with E-state index in [1.54, 1.807) is 13.8 Å². The predicted octanol–water partition coefficient (Wildman–Crippen LogP) is 6.00. The second-order valence-electron chi connectivity index (χ2n) is 8.48. The van der Waals surface area contributed by atoms with Crippen molar-refractivity contribution in [2.75, 3.05) is 19.8 Å². The number of carbonyl (C=O) groups excluding carboxylic acids is 2. The van der Waals surface area contributed by atoms with Gasteiger partial charge in [-0.05, 0) is 74.8 Å². The van der Waals surface area contributed by atoms with E-state index in [1.165, 1.54) is 16.7 Å².